The van der Waals surface area contributed by atoms with Crippen LogP contribution in [0.3, 0.4) is 0 Å². The summed E-state index contributed by atoms with van der Waals surface area (Å²) in [4.78, 5) is 13.0. The van der Waals surface area contributed by atoms with E-state index in [4.69, 9.17) is 0 Å². The third-order valence-corrected chi connectivity index (χ3v) is 8.95. The Morgan fingerprint density at radius 1 is 0.561 bits per heavy atom. The van der Waals surface area contributed by atoms with Gasteiger partial charge in [0.2, 0.25) is 5.95 Å². The quantitative estimate of drug-likeness (QED) is 0.227. The van der Waals surface area contributed by atoms with Crippen LogP contribution in [0.5, 0.6) is 0 Å². The summed E-state index contributed by atoms with van der Waals surface area (Å²) in [6.07, 6.45) is 3.10. The molecule has 3 aromatic heterocycles. The maximum atomic E-state index is 4.49. The third kappa shape index (κ3) is 2.87. The maximum Gasteiger partial charge on any atom is 0.237 e. The lowest BCUT2D eigenvalue weighted by molar-refractivity contribution is 0.664. The molecule has 0 fully saturated rings. The van der Waals surface area contributed by atoms with Crippen LogP contribution >= 0.6 is 0 Å². The molecule has 5 aromatic carbocycles. The van der Waals surface area contributed by atoms with Crippen molar-refractivity contribution in [3.8, 4) is 22.8 Å². The lowest BCUT2D eigenvalue weighted by Gasteiger charge is -2.23. The summed E-state index contributed by atoms with van der Waals surface area (Å²) < 4.78 is 4.60. The van der Waals surface area contributed by atoms with Crippen molar-refractivity contribution in [2.45, 2.75) is 19.3 Å². The Morgan fingerprint density at radius 2 is 1.22 bits per heavy atom. The molecule has 1 aliphatic rings. The second-order valence-electron chi connectivity index (χ2n) is 11.4. The smallest absolute Gasteiger partial charge is 0.237 e. The number of nitrogens with zero attached hydrogens (tertiary/aromatic N) is 5. The van der Waals surface area contributed by atoms with E-state index in [1.54, 1.807) is 12.7 Å². The first-order valence-corrected chi connectivity index (χ1v) is 14.0. The number of aromatic nitrogens is 5. The molecule has 5 nitrogen and oxygen atoms in total. The zero-order valence-electron chi connectivity index (χ0n) is 22.7. The molecule has 0 atom stereocenters. The molecule has 0 saturated carbocycles. The lowest BCUT2D eigenvalue weighted by atomic mass is 9.81. The van der Waals surface area contributed by atoms with Gasteiger partial charge in [-0.2, -0.15) is 0 Å². The average Bonchev–Trinajstić information content (AvgIpc) is 3.61. The molecule has 5 heteroatoms. The Hall–Kier alpha value is -5.29. The summed E-state index contributed by atoms with van der Waals surface area (Å²) in [7, 11) is 0. The molecular weight excluding hydrogens is 502 g/mol. The van der Waals surface area contributed by atoms with Crippen LogP contribution in [-0.2, 0) is 5.41 Å². The van der Waals surface area contributed by atoms with Crippen molar-refractivity contribution in [1.29, 1.82) is 0 Å². The fraction of sp³-hybridized carbons (Fsp3) is 0.0833. The van der Waals surface area contributed by atoms with Crippen LogP contribution in [-0.4, -0.2) is 24.1 Å². The molecule has 8 aromatic rings. The molecule has 0 spiro atoms. The molecule has 0 amide bonds. The SMILES string of the molecule is CC1(C)c2ccccc2-c2ccc3c4ccccc4n(-c4ccc5c(c4)c4ccccc4n5-c4ncncn4)c3c21. The second-order valence-corrected chi connectivity index (χ2v) is 11.4. The highest BCUT2D eigenvalue weighted by atomic mass is 15.2. The highest BCUT2D eigenvalue weighted by Crippen LogP contribution is 2.53. The van der Waals surface area contributed by atoms with E-state index in [2.05, 4.69) is 141 Å². The van der Waals surface area contributed by atoms with Gasteiger partial charge in [-0.3, -0.25) is 4.57 Å². The van der Waals surface area contributed by atoms with Gasteiger partial charge in [0.15, 0.2) is 0 Å². The maximum absolute atomic E-state index is 4.49. The van der Waals surface area contributed by atoms with Crippen LogP contribution < -0.4 is 0 Å². The number of fused-ring (bicyclic) bond motifs is 10. The van der Waals surface area contributed by atoms with Crippen molar-refractivity contribution in [2.75, 3.05) is 0 Å². The summed E-state index contributed by atoms with van der Waals surface area (Å²) in [5.41, 5.74) is 11.1. The Morgan fingerprint density at radius 3 is 2.02 bits per heavy atom. The molecule has 1 aliphatic carbocycles. The molecule has 41 heavy (non-hydrogen) atoms. The second kappa shape index (κ2) is 7.89. The molecule has 194 valence electrons. The molecular formula is C36H25N5. The van der Waals surface area contributed by atoms with E-state index in [0.29, 0.717) is 5.95 Å². The number of hydrogen-bond donors (Lipinski definition) is 0. The highest BCUT2D eigenvalue weighted by Gasteiger charge is 2.38. The van der Waals surface area contributed by atoms with E-state index < -0.39 is 0 Å². The number of hydrogen-bond acceptors (Lipinski definition) is 3. The zero-order valence-corrected chi connectivity index (χ0v) is 22.7. The lowest BCUT2D eigenvalue weighted by Crippen LogP contribution is -2.16. The third-order valence-electron chi connectivity index (χ3n) is 8.95. The molecule has 3 heterocycles. The van der Waals surface area contributed by atoms with E-state index in [0.717, 1.165) is 16.7 Å². The monoisotopic (exact) mass is 527 g/mol. The summed E-state index contributed by atoms with van der Waals surface area (Å²) >= 11 is 0. The fourth-order valence-electron chi connectivity index (χ4n) is 7.24. The van der Waals surface area contributed by atoms with Gasteiger partial charge in [0.1, 0.15) is 12.7 Å². The summed E-state index contributed by atoms with van der Waals surface area (Å²) in [5, 5.41) is 4.89. The standard InChI is InChI=1S/C36H25N5/c1-36(2)29-12-6-3-9-23(29)26-16-17-27-24-10-4-7-13-30(24)40(34(27)33(26)36)22-15-18-32-28(19-22)25-11-5-8-14-31(25)41(32)35-38-20-37-21-39-35/h3-21H,1-2H3. The van der Waals surface area contributed by atoms with Gasteiger partial charge in [0.05, 0.1) is 22.1 Å². The first kappa shape index (κ1) is 22.5. The minimum absolute atomic E-state index is 0.129. The van der Waals surface area contributed by atoms with Crippen molar-refractivity contribution < 1.29 is 0 Å². The zero-order chi connectivity index (χ0) is 27.3. The predicted molar refractivity (Wildman–Crippen MR) is 166 cm³/mol. The minimum atomic E-state index is -0.129. The molecule has 9 rings (SSSR count). The molecule has 0 radical (unpaired) electrons. The fourth-order valence-corrected chi connectivity index (χ4v) is 7.24. The molecule has 0 bridgehead atoms. The topological polar surface area (TPSA) is 48.5 Å². The Labute approximate surface area is 236 Å². The van der Waals surface area contributed by atoms with Crippen molar-refractivity contribution in [1.82, 2.24) is 24.1 Å². The van der Waals surface area contributed by atoms with E-state index in [9.17, 15) is 0 Å². The van der Waals surface area contributed by atoms with Gasteiger partial charge in [0, 0.05) is 32.6 Å². The number of rotatable bonds is 2. The number of para-hydroxylation sites is 2. The van der Waals surface area contributed by atoms with Crippen molar-refractivity contribution in [2.24, 2.45) is 0 Å². The molecule has 0 N–H and O–H groups in total. The average molecular weight is 528 g/mol. The van der Waals surface area contributed by atoms with Gasteiger partial charge in [-0.05, 0) is 52.6 Å². The van der Waals surface area contributed by atoms with Gasteiger partial charge in [-0.15, -0.1) is 0 Å². The van der Waals surface area contributed by atoms with Gasteiger partial charge in [-0.1, -0.05) is 86.6 Å². The van der Waals surface area contributed by atoms with Crippen LogP contribution in [0.4, 0.5) is 0 Å². The van der Waals surface area contributed by atoms with Crippen LogP contribution in [0.15, 0.2) is 116 Å². The van der Waals surface area contributed by atoms with Gasteiger partial charge in [0.25, 0.3) is 0 Å². The summed E-state index contributed by atoms with van der Waals surface area (Å²) in [5.74, 6) is 0.619. The van der Waals surface area contributed by atoms with Crippen molar-refractivity contribution in [3.05, 3.63) is 127 Å². The van der Waals surface area contributed by atoms with Gasteiger partial charge < -0.3 is 4.57 Å². The number of benzene rings is 5. The largest absolute Gasteiger partial charge is 0.309 e. The van der Waals surface area contributed by atoms with Crippen molar-refractivity contribution >= 4 is 43.6 Å². The Balaban J connectivity index is 1.41. The van der Waals surface area contributed by atoms with Crippen molar-refractivity contribution in [3.63, 3.8) is 0 Å². The molecule has 0 unspecified atom stereocenters. The Kier molecular flexibility index (Phi) is 4.33. The van der Waals surface area contributed by atoms with Gasteiger partial charge in [-0.25, -0.2) is 15.0 Å². The predicted octanol–water partition coefficient (Wildman–Crippen LogP) is 8.37. The normalized spacial score (nSPS) is 13.8. The minimum Gasteiger partial charge on any atom is -0.309 e. The van der Waals surface area contributed by atoms with Crippen LogP contribution in [0.2, 0.25) is 0 Å². The molecule has 0 saturated heterocycles. The van der Waals surface area contributed by atoms with Crippen LogP contribution in [0.25, 0.3) is 66.4 Å². The van der Waals surface area contributed by atoms with E-state index in [1.807, 2.05) is 0 Å². The van der Waals surface area contributed by atoms with Gasteiger partial charge >= 0.3 is 0 Å². The summed E-state index contributed by atoms with van der Waals surface area (Å²) in [6, 6.07) is 37.5. The first-order valence-electron chi connectivity index (χ1n) is 14.0. The molecule has 0 aliphatic heterocycles. The highest BCUT2D eigenvalue weighted by molar-refractivity contribution is 6.14. The van der Waals surface area contributed by atoms with E-state index in [1.165, 1.54) is 54.8 Å². The summed E-state index contributed by atoms with van der Waals surface area (Å²) in [6.45, 7) is 4.73. The first-order chi connectivity index (χ1) is 20.1. The van der Waals surface area contributed by atoms with Crippen LogP contribution in [0.1, 0.15) is 25.0 Å². The Bertz CT molecular complexity index is 2340. The van der Waals surface area contributed by atoms with E-state index in [-0.39, 0.29) is 5.41 Å². The van der Waals surface area contributed by atoms with Crippen LogP contribution in [0, 0.1) is 0 Å². The van der Waals surface area contributed by atoms with E-state index >= 15 is 0 Å².